The van der Waals surface area contributed by atoms with Gasteiger partial charge in [0.1, 0.15) is 5.82 Å². The van der Waals surface area contributed by atoms with E-state index < -0.39 is 5.91 Å². The second-order valence-electron chi connectivity index (χ2n) is 4.98. The molecule has 4 N–H and O–H groups in total. The summed E-state index contributed by atoms with van der Waals surface area (Å²) in [4.78, 5) is 13.1. The zero-order valence-electron chi connectivity index (χ0n) is 11.6. The van der Waals surface area contributed by atoms with Crippen LogP contribution in [0.1, 0.15) is 11.1 Å². The summed E-state index contributed by atoms with van der Waals surface area (Å²) < 4.78 is 12.9. The number of hydrogen-bond acceptors (Lipinski definition) is 3. The van der Waals surface area contributed by atoms with Crippen LogP contribution in [0.3, 0.4) is 0 Å². The molecular formula is C16H18FN3O. The number of anilines is 1. The fraction of sp³-hybridized carbons (Fsp3) is 0.188. The molecule has 0 unspecified atom stereocenters. The monoisotopic (exact) mass is 287 g/mol. The molecule has 0 radical (unpaired) electrons. The summed E-state index contributed by atoms with van der Waals surface area (Å²) in [5.41, 5.74) is 13.6. The fourth-order valence-electron chi connectivity index (χ4n) is 2.19. The highest BCUT2D eigenvalue weighted by molar-refractivity contribution is 5.75. The Morgan fingerprint density at radius 3 is 2.33 bits per heavy atom. The van der Waals surface area contributed by atoms with Crippen LogP contribution >= 0.6 is 0 Å². The number of carbonyl (C=O) groups is 1. The van der Waals surface area contributed by atoms with Gasteiger partial charge in [0.05, 0.1) is 6.54 Å². The van der Waals surface area contributed by atoms with Gasteiger partial charge in [0.2, 0.25) is 5.91 Å². The molecule has 2 aromatic carbocycles. The van der Waals surface area contributed by atoms with E-state index in [4.69, 9.17) is 11.5 Å². The molecule has 0 saturated carbocycles. The lowest BCUT2D eigenvalue weighted by Crippen LogP contribution is -2.33. The minimum atomic E-state index is -0.402. The number of halogens is 1. The highest BCUT2D eigenvalue weighted by Gasteiger charge is 2.10. The number of rotatable bonds is 6. The van der Waals surface area contributed by atoms with Crippen LogP contribution in [0.15, 0.2) is 48.5 Å². The molecule has 5 heteroatoms. The molecule has 0 aliphatic carbocycles. The van der Waals surface area contributed by atoms with Crippen molar-refractivity contribution in [1.29, 1.82) is 0 Å². The number of nitrogens with two attached hydrogens (primary N) is 2. The minimum Gasteiger partial charge on any atom is -0.399 e. The van der Waals surface area contributed by atoms with Crippen molar-refractivity contribution in [2.45, 2.75) is 13.1 Å². The second-order valence-corrected chi connectivity index (χ2v) is 4.98. The number of amides is 1. The van der Waals surface area contributed by atoms with E-state index in [1.165, 1.54) is 12.1 Å². The lowest BCUT2D eigenvalue weighted by Gasteiger charge is -2.21. The maximum Gasteiger partial charge on any atom is 0.231 e. The lowest BCUT2D eigenvalue weighted by molar-refractivity contribution is -0.119. The van der Waals surface area contributed by atoms with Crippen molar-refractivity contribution in [3.8, 4) is 0 Å². The third kappa shape index (κ3) is 4.89. The van der Waals surface area contributed by atoms with Crippen LogP contribution in [0.25, 0.3) is 0 Å². The van der Waals surface area contributed by atoms with Gasteiger partial charge in [-0.2, -0.15) is 0 Å². The molecule has 0 spiro atoms. The molecule has 0 bridgehead atoms. The smallest absolute Gasteiger partial charge is 0.231 e. The first-order valence-corrected chi connectivity index (χ1v) is 6.62. The molecule has 2 aromatic rings. The van der Waals surface area contributed by atoms with Crippen LogP contribution < -0.4 is 11.5 Å². The van der Waals surface area contributed by atoms with E-state index >= 15 is 0 Å². The zero-order chi connectivity index (χ0) is 15.2. The summed E-state index contributed by atoms with van der Waals surface area (Å²) in [5, 5.41) is 0. The molecule has 0 aliphatic heterocycles. The Morgan fingerprint density at radius 2 is 1.71 bits per heavy atom. The quantitative estimate of drug-likeness (QED) is 0.797. The Balaban J connectivity index is 2.10. The predicted molar refractivity (Wildman–Crippen MR) is 80.6 cm³/mol. The lowest BCUT2D eigenvalue weighted by atomic mass is 10.1. The van der Waals surface area contributed by atoms with Crippen molar-refractivity contribution in [2.24, 2.45) is 5.73 Å². The maximum atomic E-state index is 12.9. The van der Waals surface area contributed by atoms with E-state index in [0.29, 0.717) is 18.8 Å². The molecule has 0 heterocycles. The number of hydrogen-bond donors (Lipinski definition) is 2. The van der Waals surface area contributed by atoms with Crippen molar-refractivity contribution in [3.63, 3.8) is 0 Å². The Labute approximate surface area is 123 Å². The van der Waals surface area contributed by atoms with E-state index in [1.54, 1.807) is 12.1 Å². The number of primary amides is 1. The Bertz CT molecular complexity index is 613. The first-order valence-electron chi connectivity index (χ1n) is 6.62. The number of nitrogen functional groups attached to an aromatic ring is 1. The van der Waals surface area contributed by atoms with Crippen molar-refractivity contribution in [3.05, 3.63) is 65.5 Å². The summed E-state index contributed by atoms with van der Waals surface area (Å²) in [6, 6.07) is 13.7. The highest BCUT2D eigenvalue weighted by Crippen LogP contribution is 2.13. The van der Waals surface area contributed by atoms with E-state index in [-0.39, 0.29) is 12.4 Å². The van der Waals surface area contributed by atoms with Crippen LogP contribution in [-0.4, -0.2) is 17.4 Å². The molecule has 0 aromatic heterocycles. The molecule has 1 amide bonds. The molecule has 2 rings (SSSR count). The third-order valence-electron chi connectivity index (χ3n) is 3.06. The SMILES string of the molecule is NC(=O)CN(Cc1ccc(F)cc1)Cc1cccc(N)c1. The normalized spacial score (nSPS) is 10.8. The van der Waals surface area contributed by atoms with E-state index in [2.05, 4.69) is 0 Å². The van der Waals surface area contributed by atoms with Gasteiger partial charge in [-0.15, -0.1) is 0 Å². The predicted octanol–water partition coefficient (Wildman–Crippen LogP) is 1.90. The Morgan fingerprint density at radius 1 is 1.05 bits per heavy atom. The van der Waals surface area contributed by atoms with Gasteiger partial charge >= 0.3 is 0 Å². The summed E-state index contributed by atoms with van der Waals surface area (Å²) in [6.45, 7) is 1.19. The average molecular weight is 287 g/mol. The molecular weight excluding hydrogens is 269 g/mol. The first kappa shape index (κ1) is 15.0. The van der Waals surface area contributed by atoms with Gasteiger partial charge in [-0.1, -0.05) is 24.3 Å². The topological polar surface area (TPSA) is 72.4 Å². The number of benzene rings is 2. The van der Waals surface area contributed by atoms with Crippen LogP contribution in [-0.2, 0) is 17.9 Å². The summed E-state index contributed by atoms with van der Waals surface area (Å²) >= 11 is 0. The van der Waals surface area contributed by atoms with Gasteiger partial charge in [-0.3, -0.25) is 9.69 Å². The standard InChI is InChI=1S/C16H18FN3O/c17-14-6-4-12(5-7-14)9-20(11-16(19)21)10-13-2-1-3-15(18)8-13/h1-8H,9-11,18H2,(H2,19,21). The largest absolute Gasteiger partial charge is 0.399 e. The molecule has 0 atom stereocenters. The van der Waals surface area contributed by atoms with E-state index in [0.717, 1.165) is 11.1 Å². The van der Waals surface area contributed by atoms with Gasteiger partial charge in [0, 0.05) is 18.8 Å². The van der Waals surface area contributed by atoms with Crippen LogP contribution in [0.2, 0.25) is 0 Å². The number of nitrogens with zero attached hydrogens (tertiary/aromatic N) is 1. The van der Waals surface area contributed by atoms with Crippen LogP contribution in [0, 0.1) is 5.82 Å². The Hall–Kier alpha value is -2.40. The fourth-order valence-corrected chi connectivity index (χ4v) is 2.19. The van der Waals surface area contributed by atoms with Crippen molar-refractivity contribution >= 4 is 11.6 Å². The summed E-state index contributed by atoms with van der Waals surface area (Å²) in [7, 11) is 0. The van der Waals surface area contributed by atoms with Gasteiger partial charge in [-0.25, -0.2) is 4.39 Å². The van der Waals surface area contributed by atoms with Crippen molar-refractivity contribution in [1.82, 2.24) is 4.90 Å². The highest BCUT2D eigenvalue weighted by atomic mass is 19.1. The minimum absolute atomic E-state index is 0.131. The van der Waals surface area contributed by atoms with Crippen LogP contribution in [0.4, 0.5) is 10.1 Å². The third-order valence-corrected chi connectivity index (χ3v) is 3.06. The van der Waals surface area contributed by atoms with Gasteiger partial charge in [0.25, 0.3) is 0 Å². The van der Waals surface area contributed by atoms with E-state index in [9.17, 15) is 9.18 Å². The molecule has 0 aliphatic rings. The zero-order valence-corrected chi connectivity index (χ0v) is 11.6. The number of carbonyl (C=O) groups excluding carboxylic acids is 1. The van der Waals surface area contributed by atoms with E-state index in [1.807, 2.05) is 29.2 Å². The van der Waals surface area contributed by atoms with Crippen molar-refractivity contribution in [2.75, 3.05) is 12.3 Å². The molecule has 0 fully saturated rings. The average Bonchev–Trinajstić information content (AvgIpc) is 2.40. The molecule has 0 saturated heterocycles. The Kier molecular flexibility index (Phi) is 4.90. The molecule has 110 valence electrons. The van der Waals surface area contributed by atoms with Gasteiger partial charge < -0.3 is 11.5 Å². The van der Waals surface area contributed by atoms with Gasteiger partial charge in [0.15, 0.2) is 0 Å². The first-order chi connectivity index (χ1) is 10.0. The van der Waals surface area contributed by atoms with Crippen LogP contribution in [0.5, 0.6) is 0 Å². The summed E-state index contributed by atoms with van der Waals surface area (Å²) in [5.74, 6) is -0.683. The molecule has 4 nitrogen and oxygen atoms in total. The maximum absolute atomic E-state index is 12.9. The van der Waals surface area contributed by atoms with Crippen molar-refractivity contribution < 1.29 is 9.18 Å². The molecule has 21 heavy (non-hydrogen) atoms. The summed E-state index contributed by atoms with van der Waals surface area (Å²) in [6.07, 6.45) is 0. The second kappa shape index (κ2) is 6.85. The van der Waals surface area contributed by atoms with Gasteiger partial charge in [-0.05, 0) is 35.4 Å².